The molecule has 23 heavy (non-hydrogen) atoms. The van der Waals surface area contributed by atoms with Crippen molar-refractivity contribution in [1.29, 1.82) is 0 Å². The lowest BCUT2D eigenvalue weighted by Gasteiger charge is -2.07. The van der Waals surface area contributed by atoms with E-state index in [4.69, 9.17) is 9.15 Å². The molecule has 1 amide bonds. The van der Waals surface area contributed by atoms with Gasteiger partial charge >= 0.3 is 11.8 Å². The van der Waals surface area contributed by atoms with Crippen LogP contribution in [0.4, 0.5) is 5.69 Å². The van der Waals surface area contributed by atoms with Crippen LogP contribution in [0.1, 0.15) is 22.1 Å². The van der Waals surface area contributed by atoms with E-state index < -0.39 is 5.91 Å². The molecule has 0 radical (unpaired) electrons. The Hall–Kier alpha value is -3.15. The fourth-order valence-corrected chi connectivity index (χ4v) is 2.11. The standard InChI is InChI=1S/C17H15N3O3/c1-22-14-10-6-5-9-13(14)18-16(21)17-20-19-15(23-17)11-12-7-3-2-4-8-12/h2-10H,11H2,1H3,(H,18,21). The highest BCUT2D eigenvalue weighted by Crippen LogP contribution is 2.23. The summed E-state index contributed by atoms with van der Waals surface area (Å²) in [5, 5.41) is 10.4. The zero-order valence-corrected chi connectivity index (χ0v) is 12.5. The first kappa shape index (κ1) is 14.8. The van der Waals surface area contributed by atoms with Crippen LogP contribution < -0.4 is 10.1 Å². The number of carbonyl (C=O) groups excluding carboxylic acids is 1. The lowest BCUT2D eigenvalue weighted by molar-refractivity contribution is 0.0988. The molecule has 0 unspecified atom stereocenters. The van der Waals surface area contributed by atoms with Crippen molar-refractivity contribution in [3.05, 3.63) is 71.9 Å². The Kier molecular flexibility index (Phi) is 4.33. The summed E-state index contributed by atoms with van der Waals surface area (Å²) in [7, 11) is 1.54. The summed E-state index contributed by atoms with van der Waals surface area (Å²) in [6.07, 6.45) is 0.482. The molecule has 0 saturated heterocycles. The summed E-state index contributed by atoms with van der Waals surface area (Å²) in [5.74, 6) is 0.398. The van der Waals surface area contributed by atoms with Crippen molar-refractivity contribution in [3.63, 3.8) is 0 Å². The highest BCUT2D eigenvalue weighted by atomic mass is 16.5. The Labute approximate surface area is 133 Å². The highest BCUT2D eigenvalue weighted by Gasteiger charge is 2.16. The second kappa shape index (κ2) is 6.74. The minimum absolute atomic E-state index is 0.0816. The molecule has 6 heteroatoms. The molecule has 0 aliphatic carbocycles. The SMILES string of the molecule is COc1ccccc1NC(=O)c1nnc(Cc2ccccc2)o1. The molecule has 0 aliphatic rings. The Morgan fingerprint density at radius 2 is 1.83 bits per heavy atom. The number of nitrogens with zero attached hydrogens (tertiary/aromatic N) is 2. The predicted octanol–water partition coefficient (Wildman–Crippen LogP) is 2.92. The van der Waals surface area contributed by atoms with Crippen LogP contribution in [-0.2, 0) is 6.42 Å². The molecule has 3 aromatic rings. The molecule has 0 fully saturated rings. The zero-order chi connectivity index (χ0) is 16.1. The topological polar surface area (TPSA) is 77.2 Å². The number of aromatic nitrogens is 2. The smallest absolute Gasteiger partial charge is 0.313 e. The van der Waals surface area contributed by atoms with Gasteiger partial charge in [0.05, 0.1) is 19.2 Å². The van der Waals surface area contributed by atoms with Gasteiger partial charge in [-0.3, -0.25) is 4.79 Å². The number of nitrogens with one attached hydrogen (secondary N) is 1. The monoisotopic (exact) mass is 309 g/mol. The van der Waals surface area contributed by atoms with E-state index in [1.807, 2.05) is 36.4 Å². The highest BCUT2D eigenvalue weighted by molar-refractivity contribution is 6.01. The molecular formula is C17H15N3O3. The Morgan fingerprint density at radius 1 is 1.09 bits per heavy atom. The van der Waals surface area contributed by atoms with Crippen molar-refractivity contribution in [2.24, 2.45) is 0 Å². The molecule has 6 nitrogen and oxygen atoms in total. The van der Waals surface area contributed by atoms with Gasteiger partial charge in [-0.15, -0.1) is 10.2 Å². The fraction of sp³-hybridized carbons (Fsp3) is 0.118. The summed E-state index contributed by atoms with van der Waals surface area (Å²) in [5.41, 5.74) is 1.58. The van der Waals surface area contributed by atoms with Crippen molar-refractivity contribution in [2.45, 2.75) is 6.42 Å². The van der Waals surface area contributed by atoms with Gasteiger partial charge in [-0.25, -0.2) is 0 Å². The van der Waals surface area contributed by atoms with Crippen LogP contribution >= 0.6 is 0 Å². The number of anilines is 1. The van der Waals surface area contributed by atoms with Gasteiger partial charge in [0, 0.05) is 0 Å². The summed E-state index contributed by atoms with van der Waals surface area (Å²) >= 11 is 0. The molecular weight excluding hydrogens is 294 g/mol. The maximum atomic E-state index is 12.2. The Balaban J connectivity index is 1.71. The minimum Gasteiger partial charge on any atom is -0.495 e. The van der Waals surface area contributed by atoms with E-state index in [0.29, 0.717) is 23.7 Å². The molecule has 0 saturated carbocycles. The number of rotatable bonds is 5. The van der Waals surface area contributed by atoms with Crippen LogP contribution in [0.5, 0.6) is 5.75 Å². The lowest BCUT2D eigenvalue weighted by atomic mass is 10.2. The van der Waals surface area contributed by atoms with E-state index in [1.54, 1.807) is 18.2 Å². The van der Waals surface area contributed by atoms with Gasteiger partial charge in [0.2, 0.25) is 5.89 Å². The quantitative estimate of drug-likeness (QED) is 0.784. The van der Waals surface area contributed by atoms with Gasteiger partial charge < -0.3 is 14.5 Å². The van der Waals surface area contributed by atoms with Crippen LogP contribution in [0.2, 0.25) is 0 Å². The number of ether oxygens (including phenoxy) is 1. The van der Waals surface area contributed by atoms with Gasteiger partial charge in [0.25, 0.3) is 0 Å². The number of hydrogen-bond acceptors (Lipinski definition) is 5. The molecule has 1 aromatic heterocycles. The second-order valence-electron chi connectivity index (χ2n) is 4.82. The first-order chi connectivity index (χ1) is 11.3. The molecule has 0 atom stereocenters. The third-order valence-corrected chi connectivity index (χ3v) is 3.21. The van der Waals surface area contributed by atoms with Crippen molar-refractivity contribution >= 4 is 11.6 Å². The van der Waals surface area contributed by atoms with Crippen LogP contribution in [0.3, 0.4) is 0 Å². The number of methoxy groups -OCH3 is 1. The third-order valence-electron chi connectivity index (χ3n) is 3.21. The molecule has 0 bridgehead atoms. The third kappa shape index (κ3) is 3.55. The van der Waals surface area contributed by atoms with Crippen LogP contribution in [0.15, 0.2) is 59.0 Å². The van der Waals surface area contributed by atoms with Crippen molar-refractivity contribution in [3.8, 4) is 5.75 Å². The number of benzene rings is 2. The number of carbonyl (C=O) groups is 1. The molecule has 3 rings (SSSR count). The van der Waals surface area contributed by atoms with Gasteiger partial charge in [-0.2, -0.15) is 0 Å². The summed E-state index contributed by atoms with van der Waals surface area (Å²) < 4.78 is 10.6. The Morgan fingerprint density at radius 3 is 2.61 bits per heavy atom. The van der Waals surface area contributed by atoms with Gasteiger partial charge in [0.15, 0.2) is 0 Å². The fourth-order valence-electron chi connectivity index (χ4n) is 2.11. The predicted molar refractivity (Wildman–Crippen MR) is 84.5 cm³/mol. The summed E-state index contributed by atoms with van der Waals surface area (Å²) in [6.45, 7) is 0. The van der Waals surface area contributed by atoms with E-state index >= 15 is 0 Å². The van der Waals surface area contributed by atoms with E-state index in [-0.39, 0.29) is 5.89 Å². The maximum absolute atomic E-state index is 12.2. The molecule has 0 spiro atoms. The van der Waals surface area contributed by atoms with Gasteiger partial charge in [0.1, 0.15) is 5.75 Å². The second-order valence-corrected chi connectivity index (χ2v) is 4.82. The van der Waals surface area contributed by atoms with Gasteiger partial charge in [-0.05, 0) is 17.7 Å². The van der Waals surface area contributed by atoms with Crippen molar-refractivity contribution in [2.75, 3.05) is 12.4 Å². The van der Waals surface area contributed by atoms with E-state index in [2.05, 4.69) is 15.5 Å². The molecule has 1 N–H and O–H groups in total. The first-order valence-electron chi connectivity index (χ1n) is 7.07. The molecule has 2 aromatic carbocycles. The van der Waals surface area contributed by atoms with Crippen LogP contribution in [-0.4, -0.2) is 23.2 Å². The van der Waals surface area contributed by atoms with Crippen LogP contribution in [0, 0.1) is 0 Å². The molecule has 116 valence electrons. The van der Waals surface area contributed by atoms with Crippen molar-refractivity contribution < 1.29 is 13.9 Å². The average molecular weight is 309 g/mol. The number of para-hydroxylation sites is 2. The minimum atomic E-state index is -0.471. The number of amides is 1. The Bertz CT molecular complexity index is 800. The summed E-state index contributed by atoms with van der Waals surface area (Å²) in [6, 6.07) is 16.8. The largest absolute Gasteiger partial charge is 0.495 e. The molecule has 0 aliphatic heterocycles. The normalized spacial score (nSPS) is 10.3. The van der Waals surface area contributed by atoms with E-state index in [1.165, 1.54) is 7.11 Å². The number of hydrogen-bond donors (Lipinski definition) is 1. The molecule has 1 heterocycles. The average Bonchev–Trinajstić information content (AvgIpc) is 3.05. The van der Waals surface area contributed by atoms with E-state index in [0.717, 1.165) is 5.56 Å². The summed E-state index contributed by atoms with van der Waals surface area (Å²) in [4.78, 5) is 12.2. The lowest BCUT2D eigenvalue weighted by Crippen LogP contribution is -2.13. The first-order valence-corrected chi connectivity index (χ1v) is 7.07. The van der Waals surface area contributed by atoms with Crippen molar-refractivity contribution in [1.82, 2.24) is 10.2 Å². The van der Waals surface area contributed by atoms with Gasteiger partial charge in [-0.1, -0.05) is 42.5 Å². The van der Waals surface area contributed by atoms with Crippen LogP contribution in [0.25, 0.3) is 0 Å². The maximum Gasteiger partial charge on any atom is 0.313 e. The zero-order valence-electron chi connectivity index (χ0n) is 12.5. The van der Waals surface area contributed by atoms with E-state index in [9.17, 15) is 4.79 Å².